The Morgan fingerprint density at radius 1 is 1.67 bits per heavy atom. The molecule has 0 saturated carbocycles. The predicted molar refractivity (Wildman–Crippen MR) is 72.6 cm³/mol. The van der Waals surface area contributed by atoms with Gasteiger partial charge in [-0.15, -0.1) is 11.3 Å². The molecule has 0 saturated heterocycles. The average molecular weight is 268 g/mol. The van der Waals surface area contributed by atoms with Gasteiger partial charge in [0.25, 0.3) is 0 Å². The molecule has 0 radical (unpaired) electrons. The summed E-state index contributed by atoms with van der Waals surface area (Å²) in [5.41, 5.74) is 1.29. The SMILES string of the molecule is CC(O)CN(C)CC(=O)N1CCc2sccc2C1. The smallest absolute Gasteiger partial charge is 0.237 e. The lowest BCUT2D eigenvalue weighted by Crippen LogP contribution is -2.42. The van der Waals surface area contributed by atoms with Gasteiger partial charge < -0.3 is 10.0 Å². The number of thiophene rings is 1. The highest BCUT2D eigenvalue weighted by molar-refractivity contribution is 7.10. The quantitative estimate of drug-likeness (QED) is 0.884. The molecule has 1 aliphatic heterocycles. The van der Waals surface area contributed by atoms with Crippen molar-refractivity contribution in [3.63, 3.8) is 0 Å². The molecule has 1 unspecified atom stereocenters. The maximum absolute atomic E-state index is 12.1. The van der Waals surface area contributed by atoms with Crippen LogP contribution < -0.4 is 0 Å². The Labute approximate surface area is 112 Å². The van der Waals surface area contributed by atoms with Crippen molar-refractivity contribution in [2.24, 2.45) is 0 Å². The average Bonchev–Trinajstić information content (AvgIpc) is 2.74. The molecule has 0 spiro atoms. The molecule has 5 heteroatoms. The molecule has 1 aliphatic rings. The Bertz CT molecular complexity index is 417. The maximum Gasteiger partial charge on any atom is 0.237 e. The second-order valence-electron chi connectivity index (χ2n) is 4.98. The fraction of sp³-hybridized carbons (Fsp3) is 0.615. The zero-order valence-corrected chi connectivity index (χ0v) is 11.7. The van der Waals surface area contributed by atoms with Gasteiger partial charge in [0.1, 0.15) is 0 Å². The van der Waals surface area contributed by atoms with E-state index in [-0.39, 0.29) is 5.91 Å². The molecular weight excluding hydrogens is 248 g/mol. The van der Waals surface area contributed by atoms with E-state index >= 15 is 0 Å². The van der Waals surface area contributed by atoms with Crippen LogP contribution in [0.15, 0.2) is 11.4 Å². The number of carbonyl (C=O) groups excluding carboxylic acids is 1. The van der Waals surface area contributed by atoms with Crippen molar-refractivity contribution in [2.75, 3.05) is 26.7 Å². The first-order valence-electron chi connectivity index (χ1n) is 6.26. The topological polar surface area (TPSA) is 43.8 Å². The highest BCUT2D eigenvalue weighted by Gasteiger charge is 2.22. The van der Waals surface area contributed by atoms with Crippen molar-refractivity contribution in [1.82, 2.24) is 9.80 Å². The maximum atomic E-state index is 12.1. The zero-order valence-electron chi connectivity index (χ0n) is 10.9. The molecule has 0 fully saturated rings. The van der Waals surface area contributed by atoms with Crippen LogP contribution in [0.5, 0.6) is 0 Å². The fourth-order valence-electron chi connectivity index (χ4n) is 2.31. The highest BCUT2D eigenvalue weighted by Crippen LogP contribution is 2.23. The minimum atomic E-state index is -0.396. The molecular formula is C13H20N2O2S. The summed E-state index contributed by atoms with van der Waals surface area (Å²) in [4.78, 5) is 17.3. The molecule has 1 amide bonds. The van der Waals surface area contributed by atoms with E-state index in [0.717, 1.165) is 19.5 Å². The zero-order chi connectivity index (χ0) is 13.1. The number of likely N-dealkylation sites (N-methyl/N-ethyl adjacent to an activating group) is 1. The van der Waals surface area contributed by atoms with Crippen molar-refractivity contribution in [3.05, 3.63) is 21.9 Å². The molecule has 0 aromatic carbocycles. The summed E-state index contributed by atoms with van der Waals surface area (Å²) in [6, 6.07) is 2.11. The van der Waals surface area contributed by atoms with Gasteiger partial charge in [0, 0.05) is 24.5 Å². The third-order valence-corrected chi connectivity index (χ3v) is 4.16. The molecule has 0 bridgehead atoms. The van der Waals surface area contributed by atoms with Gasteiger partial charge in [0.05, 0.1) is 12.6 Å². The number of amides is 1. The second-order valence-corrected chi connectivity index (χ2v) is 5.98. The first kappa shape index (κ1) is 13.5. The monoisotopic (exact) mass is 268 g/mol. The Kier molecular flexibility index (Phi) is 4.37. The summed E-state index contributed by atoms with van der Waals surface area (Å²) >= 11 is 1.78. The van der Waals surface area contributed by atoms with Crippen LogP contribution in [0.3, 0.4) is 0 Å². The van der Waals surface area contributed by atoms with Crippen LogP contribution in [0.4, 0.5) is 0 Å². The van der Waals surface area contributed by atoms with Crippen molar-refractivity contribution < 1.29 is 9.90 Å². The molecule has 1 aromatic heterocycles. The normalized spacial score (nSPS) is 16.8. The summed E-state index contributed by atoms with van der Waals surface area (Å²) in [6.07, 6.45) is 0.575. The van der Waals surface area contributed by atoms with E-state index in [9.17, 15) is 9.90 Å². The molecule has 0 aliphatic carbocycles. The lowest BCUT2D eigenvalue weighted by atomic mass is 10.1. The Morgan fingerprint density at radius 3 is 3.17 bits per heavy atom. The molecule has 1 atom stereocenters. The van der Waals surface area contributed by atoms with E-state index in [2.05, 4.69) is 11.4 Å². The number of nitrogens with zero attached hydrogens (tertiary/aromatic N) is 2. The van der Waals surface area contributed by atoms with Gasteiger partial charge in [-0.1, -0.05) is 0 Å². The van der Waals surface area contributed by atoms with Crippen molar-refractivity contribution in [3.8, 4) is 0 Å². The van der Waals surface area contributed by atoms with Crippen LogP contribution in [-0.4, -0.2) is 53.6 Å². The number of rotatable bonds is 4. The van der Waals surface area contributed by atoms with E-state index in [1.54, 1.807) is 18.3 Å². The second kappa shape index (κ2) is 5.82. The van der Waals surface area contributed by atoms with Crippen molar-refractivity contribution >= 4 is 17.2 Å². The summed E-state index contributed by atoms with van der Waals surface area (Å²) in [5.74, 6) is 0.148. The van der Waals surface area contributed by atoms with Gasteiger partial charge in [0.2, 0.25) is 5.91 Å². The minimum Gasteiger partial charge on any atom is -0.392 e. The molecule has 18 heavy (non-hydrogen) atoms. The Hall–Kier alpha value is -0.910. The van der Waals surface area contributed by atoms with Gasteiger partial charge in [0.15, 0.2) is 0 Å². The van der Waals surface area contributed by atoms with Crippen LogP contribution in [-0.2, 0) is 17.8 Å². The molecule has 2 rings (SSSR count). The van der Waals surface area contributed by atoms with Crippen molar-refractivity contribution in [2.45, 2.75) is 26.0 Å². The Balaban J connectivity index is 1.87. The lowest BCUT2D eigenvalue weighted by molar-refractivity contribution is -0.133. The van der Waals surface area contributed by atoms with Gasteiger partial charge in [-0.25, -0.2) is 0 Å². The highest BCUT2D eigenvalue weighted by atomic mass is 32.1. The van der Waals surface area contributed by atoms with Gasteiger partial charge in [-0.3, -0.25) is 9.69 Å². The number of hydrogen-bond donors (Lipinski definition) is 1. The van der Waals surface area contributed by atoms with E-state index in [1.807, 2.05) is 16.8 Å². The lowest BCUT2D eigenvalue weighted by Gasteiger charge is -2.29. The Morgan fingerprint density at radius 2 is 2.44 bits per heavy atom. The first-order chi connectivity index (χ1) is 8.56. The number of aliphatic hydroxyl groups is 1. The van der Waals surface area contributed by atoms with Gasteiger partial charge >= 0.3 is 0 Å². The summed E-state index contributed by atoms with van der Waals surface area (Å²) in [7, 11) is 1.87. The summed E-state index contributed by atoms with van der Waals surface area (Å²) in [6.45, 7) is 4.20. The predicted octanol–water partition coefficient (Wildman–Crippen LogP) is 0.945. The largest absolute Gasteiger partial charge is 0.392 e. The van der Waals surface area contributed by atoms with E-state index in [0.29, 0.717) is 13.1 Å². The summed E-state index contributed by atoms with van der Waals surface area (Å²) < 4.78 is 0. The number of carbonyl (C=O) groups is 1. The molecule has 1 N–H and O–H groups in total. The van der Waals surface area contributed by atoms with Crippen LogP contribution in [0.25, 0.3) is 0 Å². The van der Waals surface area contributed by atoms with Gasteiger partial charge in [-0.2, -0.15) is 0 Å². The number of fused-ring (bicyclic) bond motifs is 1. The molecule has 1 aromatic rings. The molecule has 100 valence electrons. The minimum absolute atomic E-state index is 0.148. The van der Waals surface area contributed by atoms with Crippen molar-refractivity contribution in [1.29, 1.82) is 0 Å². The van der Waals surface area contributed by atoms with E-state index in [1.165, 1.54) is 10.4 Å². The number of aliphatic hydroxyl groups excluding tert-OH is 1. The van der Waals surface area contributed by atoms with Crippen LogP contribution in [0, 0.1) is 0 Å². The molecule has 2 heterocycles. The first-order valence-corrected chi connectivity index (χ1v) is 7.14. The summed E-state index contributed by atoms with van der Waals surface area (Å²) in [5, 5.41) is 11.4. The number of hydrogen-bond acceptors (Lipinski definition) is 4. The van der Waals surface area contributed by atoms with E-state index in [4.69, 9.17) is 0 Å². The molecule has 4 nitrogen and oxygen atoms in total. The van der Waals surface area contributed by atoms with Crippen LogP contribution >= 0.6 is 11.3 Å². The van der Waals surface area contributed by atoms with Gasteiger partial charge in [-0.05, 0) is 37.4 Å². The third kappa shape index (κ3) is 3.31. The van der Waals surface area contributed by atoms with Crippen LogP contribution in [0.1, 0.15) is 17.4 Å². The third-order valence-electron chi connectivity index (χ3n) is 3.14. The fourth-order valence-corrected chi connectivity index (χ4v) is 3.20. The van der Waals surface area contributed by atoms with E-state index < -0.39 is 6.10 Å². The van der Waals surface area contributed by atoms with Crippen LogP contribution in [0.2, 0.25) is 0 Å². The standard InChI is InChI=1S/C13H20N2O2S/c1-10(16)7-14(2)9-13(17)15-5-3-12-11(8-15)4-6-18-12/h4,6,10,16H,3,5,7-9H2,1-2H3.